The third kappa shape index (κ3) is 6.44. The number of hydrogen-bond donors (Lipinski definition) is 1. The molecule has 1 aliphatic rings. The quantitative estimate of drug-likeness (QED) is 0.418. The number of rotatable bonds is 8. The number of unbranched alkanes of at least 4 members (excludes halogenated alkanes) is 1. The van der Waals surface area contributed by atoms with E-state index in [9.17, 15) is 9.90 Å². The summed E-state index contributed by atoms with van der Waals surface area (Å²) in [6.45, 7) is 6.01. The van der Waals surface area contributed by atoms with Crippen LogP contribution in [0.25, 0.3) is 0 Å². The van der Waals surface area contributed by atoms with Crippen molar-refractivity contribution in [1.82, 2.24) is 0 Å². The molecule has 4 nitrogen and oxygen atoms in total. The Balaban J connectivity index is 1.84. The summed E-state index contributed by atoms with van der Waals surface area (Å²) in [6, 6.07) is 10.1. The minimum absolute atomic E-state index is 0.123. The van der Waals surface area contributed by atoms with Crippen molar-refractivity contribution in [1.29, 1.82) is 0 Å². The molecule has 4 heteroatoms. The number of ether oxygens (including phenoxy) is 2. The first-order valence-electron chi connectivity index (χ1n) is 9.43. The van der Waals surface area contributed by atoms with E-state index in [-0.39, 0.29) is 12.1 Å². The number of esters is 1. The first kappa shape index (κ1) is 19.9. The molecule has 25 heavy (non-hydrogen) atoms. The minimum atomic E-state index is -0.987. The van der Waals surface area contributed by atoms with Gasteiger partial charge in [0.2, 0.25) is 0 Å². The molecule has 2 rings (SSSR count). The van der Waals surface area contributed by atoms with Gasteiger partial charge in [0.1, 0.15) is 0 Å². The Kier molecular flexibility index (Phi) is 7.03. The highest BCUT2D eigenvalue weighted by Crippen LogP contribution is 2.37. The molecule has 0 heterocycles. The monoisotopic (exact) mass is 348 g/mol. The lowest BCUT2D eigenvalue weighted by atomic mass is 9.97. The summed E-state index contributed by atoms with van der Waals surface area (Å²) in [5.41, 5.74) is 0.635. The van der Waals surface area contributed by atoms with E-state index in [0.29, 0.717) is 19.4 Å². The average molecular weight is 348 g/mol. The predicted octanol–water partition coefficient (Wildman–Crippen LogP) is 4.77. The summed E-state index contributed by atoms with van der Waals surface area (Å²) in [5.74, 6) is -1.15. The third-order valence-corrected chi connectivity index (χ3v) is 4.62. The zero-order chi connectivity index (χ0) is 18.3. The van der Waals surface area contributed by atoms with Crippen LogP contribution in [-0.4, -0.2) is 23.5 Å². The molecular weight excluding hydrogens is 316 g/mol. The first-order chi connectivity index (χ1) is 11.8. The van der Waals surface area contributed by atoms with E-state index in [1.165, 1.54) is 0 Å². The third-order valence-electron chi connectivity index (χ3n) is 4.62. The first-order valence-corrected chi connectivity index (χ1v) is 9.43. The van der Waals surface area contributed by atoms with Crippen molar-refractivity contribution >= 4 is 5.97 Å². The largest absolute Gasteiger partial charge is 0.465 e. The molecule has 0 aromatic heterocycles. The summed E-state index contributed by atoms with van der Waals surface area (Å²) >= 11 is 0. The van der Waals surface area contributed by atoms with Crippen molar-refractivity contribution in [3.63, 3.8) is 0 Å². The van der Waals surface area contributed by atoms with Crippen LogP contribution in [0.15, 0.2) is 30.3 Å². The second-order valence-corrected chi connectivity index (χ2v) is 8.05. The highest BCUT2D eigenvalue weighted by molar-refractivity contribution is 5.75. The van der Waals surface area contributed by atoms with Crippen molar-refractivity contribution in [3.8, 4) is 0 Å². The number of hydrogen-bond acceptors (Lipinski definition) is 4. The van der Waals surface area contributed by atoms with E-state index in [4.69, 9.17) is 9.47 Å². The summed E-state index contributed by atoms with van der Waals surface area (Å²) in [4.78, 5) is 11.8. The van der Waals surface area contributed by atoms with Gasteiger partial charge in [-0.25, -0.2) is 0 Å². The lowest BCUT2D eigenvalue weighted by molar-refractivity contribution is -0.228. The molecule has 1 fully saturated rings. The van der Waals surface area contributed by atoms with E-state index in [0.717, 1.165) is 37.7 Å². The highest BCUT2D eigenvalue weighted by atomic mass is 16.6. The fourth-order valence-corrected chi connectivity index (χ4v) is 3.08. The van der Waals surface area contributed by atoms with Gasteiger partial charge in [0, 0.05) is 12.8 Å². The predicted molar refractivity (Wildman–Crippen MR) is 98.0 cm³/mol. The fourth-order valence-electron chi connectivity index (χ4n) is 3.08. The molecule has 140 valence electrons. The second-order valence-electron chi connectivity index (χ2n) is 8.05. The zero-order valence-corrected chi connectivity index (χ0v) is 15.8. The number of carbonyl (C=O) groups excluding carboxylic acids is 1. The van der Waals surface area contributed by atoms with Crippen molar-refractivity contribution < 1.29 is 19.4 Å². The molecule has 1 saturated carbocycles. The molecular formula is C21H32O4. The van der Waals surface area contributed by atoms with Gasteiger partial charge >= 0.3 is 5.97 Å². The van der Waals surface area contributed by atoms with Crippen molar-refractivity contribution in [2.45, 2.75) is 77.6 Å². The van der Waals surface area contributed by atoms with Gasteiger partial charge in [-0.2, -0.15) is 0 Å². The van der Waals surface area contributed by atoms with Crippen LogP contribution < -0.4 is 0 Å². The minimum Gasteiger partial charge on any atom is -0.465 e. The Labute approximate surface area is 151 Å². The van der Waals surface area contributed by atoms with Gasteiger partial charge in [-0.15, -0.1) is 0 Å². The fraction of sp³-hybridized carbons (Fsp3) is 0.667. The summed E-state index contributed by atoms with van der Waals surface area (Å²) < 4.78 is 11.4. The number of benzene rings is 1. The molecule has 0 radical (unpaired) electrons. The topological polar surface area (TPSA) is 55.8 Å². The van der Waals surface area contributed by atoms with E-state index < -0.39 is 11.2 Å². The maximum atomic E-state index is 11.8. The maximum absolute atomic E-state index is 11.8. The molecule has 0 spiro atoms. The van der Waals surface area contributed by atoms with Crippen LogP contribution in [0.1, 0.15) is 77.4 Å². The molecule has 0 bridgehead atoms. The van der Waals surface area contributed by atoms with E-state index >= 15 is 0 Å². The molecule has 1 aromatic carbocycles. The molecule has 1 aliphatic carbocycles. The van der Waals surface area contributed by atoms with Crippen molar-refractivity contribution in [2.24, 2.45) is 5.41 Å². The molecule has 1 unspecified atom stereocenters. The molecule has 1 N–H and O–H groups in total. The Morgan fingerprint density at radius 2 is 1.80 bits per heavy atom. The van der Waals surface area contributed by atoms with Crippen LogP contribution in [0.4, 0.5) is 0 Å². The average Bonchev–Trinajstić information content (AvgIpc) is 2.99. The van der Waals surface area contributed by atoms with Gasteiger partial charge in [0.15, 0.2) is 5.79 Å². The van der Waals surface area contributed by atoms with Gasteiger partial charge in [0.05, 0.1) is 18.1 Å². The zero-order valence-electron chi connectivity index (χ0n) is 15.8. The second kappa shape index (κ2) is 8.81. The molecule has 1 aromatic rings. The van der Waals surface area contributed by atoms with E-state index in [1.807, 2.05) is 51.1 Å². The van der Waals surface area contributed by atoms with E-state index in [1.54, 1.807) is 0 Å². The van der Waals surface area contributed by atoms with Gasteiger partial charge in [-0.3, -0.25) is 4.79 Å². The molecule has 1 atom stereocenters. The Hall–Kier alpha value is -1.39. The van der Waals surface area contributed by atoms with Crippen LogP contribution in [0, 0.1) is 5.41 Å². The van der Waals surface area contributed by atoms with Gasteiger partial charge in [-0.1, -0.05) is 30.3 Å². The van der Waals surface area contributed by atoms with Crippen LogP contribution in [0.3, 0.4) is 0 Å². The molecule has 0 amide bonds. The Bertz CT molecular complexity index is 527. The van der Waals surface area contributed by atoms with Gasteiger partial charge in [0.25, 0.3) is 0 Å². The lowest BCUT2D eigenvalue weighted by Gasteiger charge is -2.29. The Morgan fingerprint density at radius 1 is 1.16 bits per heavy atom. The van der Waals surface area contributed by atoms with Crippen LogP contribution >= 0.6 is 0 Å². The summed E-state index contributed by atoms with van der Waals surface area (Å²) in [5, 5.41) is 10.6. The van der Waals surface area contributed by atoms with Crippen LogP contribution in [0.5, 0.6) is 0 Å². The molecule has 0 saturated heterocycles. The highest BCUT2D eigenvalue weighted by Gasteiger charge is 2.35. The van der Waals surface area contributed by atoms with E-state index in [2.05, 4.69) is 0 Å². The molecule has 0 aliphatic heterocycles. The van der Waals surface area contributed by atoms with Gasteiger partial charge < -0.3 is 14.6 Å². The standard InChI is InChI=1S/C21H32O4/c1-20(2,3)19(22)24-16-10-7-13-18(17-11-5-4-6-12-17)25-21(23)14-8-9-15-21/h4-6,11-12,18,23H,7-10,13-16H2,1-3H3. The van der Waals surface area contributed by atoms with Gasteiger partial charge in [-0.05, 0) is 58.4 Å². The lowest BCUT2D eigenvalue weighted by Crippen LogP contribution is -2.30. The maximum Gasteiger partial charge on any atom is 0.311 e. The smallest absolute Gasteiger partial charge is 0.311 e. The van der Waals surface area contributed by atoms with Crippen molar-refractivity contribution in [3.05, 3.63) is 35.9 Å². The van der Waals surface area contributed by atoms with Crippen molar-refractivity contribution in [2.75, 3.05) is 6.61 Å². The number of carbonyl (C=O) groups is 1. The number of aliphatic hydroxyl groups is 1. The Morgan fingerprint density at radius 3 is 2.40 bits per heavy atom. The van der Waals surface area contributed by atoms with Crippen LogP contribution in [-0.2, 0) is 14.3 Å². The SMILES string of the molecule is CC(C)(C)C(=O)OCCCCC(OC1(O)CCCC1)c1ccccc1. The van der Waals surface area contributed by atoms with Crippen LogP contribution in [0.2, 0.25) is 0 Å². The summed E-state index contributed by atoms with van der Waals surface area (Å²) in [6.07, 6.45) is 5.81. The normalized spacial score (nSPS) is 18.1. The summed E-state index contributed by atoms with van der Waals surface area (Å²) in [7, 11) is 0.